The average molecular weight is 430 g/mol. The van der Waals surface area contributed by atoms with Gasteiger partial charge in [-0.2, -0.15) is 0 Å². The molecule has 1 saturated heterocycles. The van der Waals surface area contributed by atoms with Crippen molar-refractivity contribution in [3.8, 4) is 0 Å². The summed E-state index contributed by atoms with van der Waals surface area (Å²) in [5, 5.41) is 10.5. The molecule has 0 radical (unpaired) electrons. The molecular formula is C21H32FNO5S. The highest BCUT2D eigenvalue weighted by molar-refractivity contribution is 7.90. The first-order valence-corrected chi connectivity index (χ1v) is 11.9. The van der Waals surface area contributed by atoms with Gasteiger partial charge in [0.1, 0.15) is 16.3 Å². The second-order valence-electron chi connectivity index (χ2n) is 8.80. The number of carbonyl (C=O) groups excluding carboxylic acids is 1. The number of ether oxygens (including phenoxy) is 1. The maximum atomic E-state index is 14.0. The standard InChI is InChI=1S/C21H32FNO5S/c1-21(2,3)28-20(25)23-12-10-16(11-13-23)18(24)7-5-6-15-8-9-19(17(22)14-15)29(4,26)27/h8-9,14,16,18,24H,5-7,10-13H2,1-4H3. The summed E-state index contributed by atoms with van der Waals surface area (Å²) in [6.07, 6.45) is 3.44. The van der Waals surface area contributed by atoms with Crippen molar-refractivity contribution >= 4 is 15.9 Å². The second kappa shape index (κ2) is 9.43. The fraction of sp³-hybridized carbons (Fsp3) is 0.667. The summed E-state index contributed by atoms with van der Waals surface area (Å²) in [6, 6.07) is 4.16. The molecule has 1 atom stereocenters. The molecule has 1 aromatic rings. The zero-order valence-corrected chi connectivity index (χ0v) is 18.5. The van der Waals surface area contributed by atoms with Gasteiger partial charge in [0, 0.05) is 19.3 Å². The number of hydrogen-bond acceptors (Lipinski definition) is 5. The van der Waals surface area contributed by atoms with Gasteiger partial charge < -0.3 is 14.7 Å². The first-order valence-electron chi connectivity index (χ1n) is 10.0. The van der Waals surface area contributed by atoms with Gasteiger partial charge >= 0.3 is 6.09 Å². The minimum Gasteiger partial charge on any atom is -0.444 e. The fourth-order valence-electron chi connectivity index (χ4n) is 3.54. The monoisotopic (exact) mass is 429 g/mol. The summed E-state index contributed by atoms with van der Waals surface area (Å²) in [5.74, 6) is -0.613. The number of amides is 1. The number of carbonyl (C=O) groups is 1. The minimum atomic E-state index is -3.57. The Bertz CT molecular complexity index is 811. The Labute approximate surface area is 173 Å². The molecule has 0 aliphatic carbocycles. The van der Waals surface area contributed by atoms with Gasteiger partial charge in [0.15, 0.2) is 9.84 Å². The third kappa shape index (κ3) is 7.26. The van der Waals surface area contributed by atoms with Gasteiger partial charge in [-0.1, -0.05) is 6.07 Å². The number of benzene rings is 1. The molecule has 1 N–H and O–H groups in total. The number of sulfone groups is 1. The van der Waals surface area contributed by atoms with Crippen LogP contribution < -0.4 is 0 Å². The molecule has 0 aromatic heterocycles. The topological polar surface area (TPSA) is 83.9 Å². The molecule has 1 aliphatic heterocycles. The second-order valence-corrected chi connectivity index (χ2v) is 10.8. The lowest BCUT2D eigenvalue weighted by molar-refractivity contribution is 0.00665. The summed E-state index contributed by atoms with van der Waals surface area (Å²) in [7, 11) is -3.57. The largest absolute Gasteiger partial charge is 0.444 e. The van der Waals surface area contributed by atoms with Crippen LogP contribution in [0.25, 0.3) is 0 Å². The Kier molecular flexibility index (Phi) is 7.67. The minimum absolute atomic E-state index is 0.123. The number of hydrogen-bond donors (Lipinski definition) is 1. The van der Waals surface area contributed by atoms with Gasteiger partial charge in [0.2, 0.25) is 0 Å². The maximum Gasteiger partial charge on any atom is 0.410 e. The first-order chi connectivity index (χ1) is 13.4. The summed E-state index contributed by atoms with van der Waals surface area (Å²) in [6.45, 7) is 6.63. The predicted octanol–water partition coefficient (Wildman–Crippen LogP) is 3.56. The van der Waals surface area contributed by atoms with Gasteiger partial charge in [0.05, 0.1) is 6.10 Å². The zero-order valence-electron chi connectivity index (χ0n) is 17.7. The number of aryl methyl sites for hydroxylation is 1. The van der Waals surface area contributed by atoms with Crippen LogP contribution in [0.1, 0.15) is 52.0 Å². The van der Waals surface area contributed by atoms with Gasteiger partial charge in [0.25, 0.3) is 0 Å². The Morgan fingerprint density at radius 1 is 1.31 bits per heavy atom. The Balaban J connectivity index is 1.77. The van der Waals surface area contributed by atoms with E-state index in [1.54, 1.807) is 11.0 Å². The van der Waals surface area contributed by atoms with Crippen molar-refractivity contribution < 1.29 is 27.4 Å². The third-order valence-corrected chi connectivity index (χ3v) is 6.23. The van der Waals surface area contributed by atoms with Crippen LogP contribution in [0, 0.1) is 11.7 Å². The van der Waals surface area contributed by atoms with Crippen LogP contribution >= 0.6 is 0 Å². The summed E-state index contributed by atoms with van der Waals surface area (Å²) < 4.78 is 42.3. The molecule has 1 fully saturated rings. The van der Waals surface area contributed by atoms with E-state index in [1.165, 1.54) is 12.1 Å². The van der Waals surface area contributed by atoms with E-state index in [0.29, 0.717) is 37.9 Å². The molecule has 29 heavy (non-hydrogen) atoms. The molecule has 164 valence electrons. The van der Waals surface area contributed by atoms with Crippen LogP contribution in [-0.4, -0.2) is 55.6 Å². The molecule has 0 saturated carbocycles. The third-order valence-electron chi connectivity index (χ3n) is 5.10. The predicted molar refractivity (Wildman–Crippen MR) is 109 cm³/mol. The van der Waals surface area contributed by atoms with Crippen molar-refractivity contribution in [3.63, 3.8) is 0 Å². The number of aliphatic hydroxyl groups is 1. The van der Waals surface area contributed by atoms with Crippen LogP contribution in [-0.2, 0) is 21.0 Å². The smallest absolute Gasteiger partial charge is 0.410 e. The summed E-state index contributed by atoms with van der Waals surface area (Å²) in [5.41, 5.74) is 0.189. The molecule has 6 nitrogen and oxygen atoms in total. The van der Waals surface area contributed by atoms with Crippen LogP contribution in [0.2, 0.25) is 0 Å². The molecular weight excluding hydrogens is 397 g/mol. The Hall–Kier alpha value is -1.67. The highest BCUT2D eigenvalue weighted by Crippen LogP contribution is 2.25. The van der Waals surface area contributed by atoms with Gasteiger partial charge in [-0.25, -0.2) is 17.6 Å². The van der Waals surface area contributed by atoms with E-state index in [1.807, 2.05) is 20.8 Å². The van der Waals surface area contributed by atoms with Gasteiger partial charge in [-0.15, -0.1) is 0 Å². The molecule has 1 aliphatic rings. The molecule has 1 amide bonds. The molecule has 1 heterocycles. The van der Waals surface area contributed by atoms with E-state index in [-0.39, 0.29) is 16.9 Å². The molecule has 8 heteroatoms. The van der Waals surface area contributed by atoms with E-state index in [9.17, 15) is 22.7 Å². The van der Waals surface area contributed by atoms with Crippen molar-refractivity contribution in [1.82, 2.24) is 4.90 Å². The van der Waals surface area contributed by atoms with Crippen LogP contribution in [0.3, 0.4) is 0 Å². The van der Waals surface area contributed by atoms with E-state index in [0.717, 1.165) is 19.1 Å². The molecule has 0 spiro atoms. The fourth-order valence-corrected chi connectivity index (χ4v) is 4.27. The van der Waals surface area contributed by atoms with E-state index >= 15 is 0 Å². The lowest BCUT2D eigenvalue weighted by atomic mass is 9.88. The summed E-state index contributed by atoms with van der Waals surface area (Å²) >= 11 is 0. The van der Waals surface area contributed by atoms with Crippen LogP contribution in [0.4, 0.5) is 9.18 Å². The van der Waals surface area contributed by atoms with Crippen molar-refractivity contribution in [2.24, 2.45) is 5.92 Å². The van der Waals surface area contributed by atoms with E-state index in [2.05, 4.69) is 0 Å². The number of piperidine rings is 1. The lowest BCUT2D eigenvalue weighted by Crippen LogP contribution is -2.43. The highest BCUT2D eigenvalue weighted by Gasteiger charge is 2.29. The zero-order chi connectivity index (χ0) is 21.8. The van der Waals surface area contributed by atoms with Crippen molar-refractivity contribution in [1.29, 1.82) is 0 Å². The molecule has 0 bridgehead atoms. The quantitative estimate of drug-likeness (QED) is 0.748. The Morgan fingerprint density at radius 3 is 2.45 bits per heavy atom. The first kappa shape index (κ1) is 23.6. The normalized spacial score (nSPS) is 17.2. The number of halogens is 1. The number of aliphatic hydroxyl groups excluding tert-OH is 1. The number of rotatable bonds is 6. The van der Waals surface area contributed by atoms with Gasteiger partial charge in [-0.3, -0.25) is 0 Å². The molecule has 1 unspecified atom stereocenters. The number of likely N-dealkylation sites (tertiary alicyclic amines) is 1. The summed E-state index contributed by atoms with van der Waals surface area (Å²) in [4.78, 5) is 13.5. The maximum absolute atomic E-state index is 14.0. The van der Waals surface area contributed by atoms with Crippen LogP contribution in [0.15, 0.2) is 23.1 Å². The van der Waals surface area contributed by atoms with Crippen LogP contribution in [0.5, 0.6) is 0 Å². The highest BCUT2D eigenvalue weighted by atomic mass is 32.2. The average Bonchev–Trinajstić information content (AvgIpc) is 2.59. The molecule has 1 aromatic carbocycles. The van der Waals surface area contributed by atoms with Gasteiger partial charge in [-0.05, 0) is 76.5 Å². The van der Waals surface area contributed by atoms with E-state index < -0.39 is 27.4 Å². The SMILES string of the molecule is CC(C)(C)OC(=O)N1CCC(C(O)CCCc2ccc(S(C)(=O)=O)c(F)c2)CC1. The van der Waals surface area contributed by atoms with Crippen molar-refractivity contribution in [2.45, 2.75) is 69.5 Å². The van der Waals surface area contributed by atoms with Crippen molar-refractivity contribution in [2.75, 3.05) is 19.3 Å². The lowest BCUT2D eigenvalue weighted by Gasteiger charge is -2.35. The number of nitrogens with zero attached hydrogens (tertiary/aromatic N) is 1. The molecule has 2 rings (SSSR count). The van der Waals surface area contributed by atoms with Crippen molar-refractivity contribution in [3.05, 3.63) is 29.6 Å². The Morgan fingerprint density at radius 2 is 1.93 bits per heavy atom. The van der Waals surface area contributed by atoms with E-state index in [4.69, 9.17) is 4.74 Å².